The predicted octanol–water partition coefficient (Wildman–Crippen LogP) is 2.50. The molecule has 3 heterocycles. The molecule has 5 heteroatoms. The van der Waals surface area contributed by atoms with Gasteiger partial charge >= 0.3 is 0 Å². The molecule has 1 amide bonds. The second kappa shape index (κ2) is 6.16. The van der Waals surface area contributed by atoms with E-state index in [4.69, 9.17) is 0 Å². The maximum Gasteiger partial charge on any atom is 0.224 e. The highest BCUT2D eigenvalue weighted by molar-refractivity contribution is 5.76. The number of nitrogens with zero attached hydrogens (tertiary/aromatic N) is 4. The van der Waals surface area contributed by atoms with Crippen LogP contribution in [0.25, 0.3) is 0 Å². The highest BCUT2D eigenvalue weighted by Crippen LogP contribution is 2.23. The molecule has 1 aliphatic rings. The van der Waals surface area contributed by atoms with E-state index < -0.39 is 0 Å². The summed E-state index contributed by atoms with van der Waals surface area (Å²) >= 11 is 0. The van der Waals surface area contributed by atoms with E-state index in [1.54, 1.807) is 6.20 Å². The van der Waals surface area contributed by atoms with Gasteiger partial charge < -0.3 is 14.0 Å². The minimum atomic E-state index is 0.209. The summed E-state index contributed by atoms with van der Waals surface area (Å²) in [6.07, 6.45) is 12.4. The minimum absolute atomic E-state index is 0.209. The Balaban J connectivity index is 1.59. The van der Waals surface area contributed by atoms with E-state index in [1.165, 1.54) is 0 Å². The zero-order valence-corrected chi connectivity index (χ0v) is 12.4. The van der Waals surface area contributed by atoms with Crippen molar-refractivity contribution in [2.75, 3.05) is 13.1 Å². The molecule has 1 saturated heterocycles. The lowest BCUT2D eigenvalue weighted by Gasteiger charge is -2.34. The number of hydrogen-bond donors (Lipinski definition) is 0. The molecule has 1 fully saturated rings. The fraction of sp³-hybridized carbons (Fsp3) is 0.500. The molecular formula is C16H22N4O. The monoisotopic (exact) mass is 286 g/mol. The Kier molecular flexibility index (Phi) is 4.08. The molecule has 0 spiro atoms. The van der Waals surface area contributed by atoms with Crippen LogP contribution < -0.4 is 0 Å². The molecule has 5 nitrogen and oxygen atoms in total. The lowest BCUT2D eigenvalue weighted by Crippen LogP contribution is -2.41. The summed E-state index contributed by atoms with van der Waals surface area (Å²) in [5, 5.41) is 0. The number of carbonyl (C=O) groups is 1. The quantitative estimate of drug-likeness (QED) is 0.866. The maximum atomic E-state index is 12.5. The zero-order valence-electron chi connectivity index (χ0n) is 12.4. The first-order valence-electron chi connectivity index (χ1n) is 7.61. The van der Waals surface area contributed by atoms with Crippen LogP contribution >= 0.6 is 0 Å². The van der Waals surface area contributed by atoms with Gasteiger partial charge in [-0.15, -0.1) is 0 Å². The number of piperidine rings is 1. The summed E-state index contributed by atoms with van der Waals surface area (Å²) < 4.78 is 4.21. The van der Waals surface area contributed by atoms with Crippen molar-refractivity contribution in [2.45, 2.75) is 38.3 Å². The van der Waals surface area contributed by atoms with E-state index >= 15 is 0 Å². The van der Waals surface area contributed by atoms with Gasteiger partial charge in [-0.25, -0.2) is 4.98 Å². The van der Waals surface area contributed by atoms with Gasteiger partial charge in [0, 0.05) is 50.3 Å². The summed E-state index contributed by atoms with van der Waals surface area (Å²) in [4.78, 5) is 18.6. The Labute approximate surface area is 125 Å². The second-order valence-corrected chi connectivity index (χ2v) is 5.83. The van der Waals surface area contributed by atoms with Gasteiger partial charge in [-0.2, -0.15) is 0 Å². The molecule has 2 aromatic heterocycles. The van der Waals surface area contributed by atoms with Gasteiger partial charge in [-0.05, 0) is 31.9 Å². The van der Waals surface area contributed by atoms with Crippen LogP contribution in [0, 0.1) is 0 Å². The van der Waals surface area contributed by atoms with Crippen molar-refractivity contribution in [3.05, 3.63) is 43.2 Å². The summed E-state index contributed by atoms with van der Waals surface area (Å²) in [5.74, 6) is 0.251. The topological polar surface area (TPSA) is 43.1 Å². The van der Waals surface area contributed by atoms with E-state index in [9.17, 15) is 4.79 Å². The predicted molar refractivity (Wildman–Crippen MR) is 80.8 cm³/mol. The molecule has 1 aliphatic heterocycles. The first-order chi connectivity index (χ1) is 10.2. The summed E-state index contributed by atoms with van der Waals surface area (Å²) in [6.45, 7) is 3.77. The van der Waals surface area contributed by atoms with E-state index in [2.05, 4.69) is 21.0 Å². The second-order valence-electron chi connectivity index (χ2n) is 5.83. The molecule has 0 aliphatic carbocycles. The highest BCUT2D eigenvalue weighted by atomic mass is 16.2. The van der Waals surface area contributed by atoms with Crippen molar-refractivity contribution in [1.29, 1.82) is 0 Å². The van der Waals surface area contributed by atoms with Gasteiger partial charge in [-0.1, -0.05) is 0 Å². The molecule has 0 radical (unpaired) electrons. The van der Waals surface area contributed by atoms with Gasteiger partial charge in [0.15, 0.2) is 0 Å². The van der Waals surface area contributed by atoms with Crippen LogP contribution in [-0.4, -0.2) is 38.0 Å². The number of carbonyl (C=O) groups excluding carboxylic acids is 1. The SMILES string of the molecule is C[C@H](CC(=O)N1CCC[C@H](n2ccnc2)C1)n1cccc1. The standard InChI is InChI=1S/C16H22N4O/c1-14(18-7-2-3-8-18)11-16(21)19-9-4-5-15(12-19)20-10-6-17-13-20/h2-3,6-8,10,13-15H,4-5,9,11-12H2,1H3/t14-,15+/m1/s1. The average Bonchev–Trinajstić information content (AvgIpc) is 3.20. The number of aromatic nitrogens is 3. The van der Waals surface area contributed by atoms with Gasteiger partial charge in [0.1, 0.15) is 0 Å². The third-order valence-electron chi connectivity index (χ3n) is 4.30. The van der Waals surface area contributed by atoms with Gasteiger partial charge in [0.05, 0.1) is 12.4 Å². The summed E-state index contributed by atoms with van der Waals surface area (Å²) in [6, 6.07) is 4.57. The molecule has 112 valence electrons. The number of likely N-dealkylation sites (tertiary alicyclic amines) is 1. The third-order valence-corrected chi connectivity index (χ3v) is 4.30. The van der Waals surface area contributed by atoms with E-state index in [0.29, 0.717) is 12.5 Å². The molecule has 21 heavy (non-hydrogen) atoms. The Morgan fingerprint density at radius 3 is 2.86 bits per heavy atom. The van der Waals surface area contributed by atoms with Crippen LogP contribution in [0.5, 0.6) is 0 Å². The molecule has 0 N–H and O–H groups in total. The Morgan fingerprint density at radius 1 is 1.33 bits per heavy atom. The van der Waals surface area contributed by atoms with Crippen LogP contribution in [0.3, 0.4) is 0 Å². The smallest absolute Gasteiger partial charge is 0.224 e. The van der Waals surface area contributed by atoms with Crippen molar-refractivity contribution in [2.24, 2.45) is 0 Å². The van der Waals surface area contributed by atoms with Crippen molar-refractivity contribution >= 4 is 5.91 Å². The van der Waals surface area contributed by atoms with E-state index in [0.717, 1.165) is 25.9 Å². The molecule has 0 unspecified atom stereocenters. The lowest BCUT2D eigenvalue weighted by atomic mass is 10.0. The van der Waals surface area contributed by atoms with Crippen molar-refractivity contribution in [1.82, 2.24) is 19.0 Å². The zero-order chi connectivity index (χ0) is 14.7. The van der Waals surface area contributed by atoms with Gasteiger partial charge in [0.2, 0.25) is 5.91 Å². The molecule has 0 aromatic carbocycles. The molecular weight excluding hydrogens is 264 g/mol. The maximum absolute atomic E-state index is 12.5. The van der Waals surface area contributed by atoms with Crippen LogP contribution in [0.1, 0.15) is 38.3 Å². The fourth-order valence-corrected chi connectivity index (χ4v) is 3.04. The fourth-order valence-electron chi connectivity index (χ4n) is 3.04. The third kappa shape index (κ3) is 3.17. The molecule has 0 saturated carbocycles. The molecule has 0 bridgehead atoms. The summed E-state index contributed by atoms with van der Waals surface area (Å²) in [7, 11) is 0. The van der Waals surface area contributed by atoms with E-state index in [1.807, 2.05) is 42.0 Å². The Hall–Kier alpha value is -2.04. The normalized spacial score (nSPS) is 20.4. The van der Waals surface area contributed by atoms with Crippen LogP contribution in [-0.2, 0) is 4.79 Å². The van der Waals surface area contributed by atoms with Crippen LogP contribution in [0.2, 0.25) is 0 Å². The summed E-state index contributed by atoms with van der Waals surface area (Å²) in [5.41, 5.74) is 0. The number of rotatable bonds is 4. The van der Waals surface area contributed by atoms with Crippen molar-refractivity contribution < 1.29 is 4.79 Å². The molecule has 2 atom stereocenters. The molecule has 2 aromatic rings. The molecule has 3 rings (SSSR count). The first kappa shape index (κ1) is 13.9. The van der Waals surface area contributed by atoms with E-state index in [-0.39, 0.29) is 11.9 Å². The largest absolute Gasteiger partial charge is 0.351 e. The highest BCUT2D eigenvalue weighted by Gasteiger charge is 2.25. The van der Waals surface area contributed by atoms with Crippen LogP contribution in [0.4, 0.5) is 0 Å². The van der Waals surface area contributed by atoms with Crippen LogP contribution in [0.15, 0.2) is 43.2 Å². The number of amides is 1. The lowest BCUT2D eigenvalue weighted by molar-refractivity contribution is -0.133. The minimum Gasteiger partial charge on any atom is -0.351 e. The van der Waals surface area contributed by atoms with Gasteiger partial charge in [-0.3, -0.25) is 4.79 Å². The average molecular weight is 286 g/mol. The number of imidazole rings is 1. The van der Waals surface area contributed by atoms with Crippen molar-refractivity contribution in [3.63, 3.8) is 0 Å². The van der Waals surface area contributed by atoms with Gasteiger partial charge in [0.25, 0.3) is 0 Å². The number of hydrogen-bond acceptors (Lipinski definition) is 2. The Bertz CT molecular complexity index is 561. The van der Waals surface area contributed by atoms with Crippen molar-refractivity contribution in [3.8, 4) is 0 Å². The first-order valence-corrected chi connectivity index (χ1v) is 7.61. The Morgan fingerprint density at radius 2 is 2.14 bits per heavy atom.